The quantitative estimate of drug-likeness (QED) is 0.776. The smallest absolute Gasteiger partial charge is 0.351 e. The Labute approximate surface area is 150 Å². The third-order valence-corrected chi connectivity index (χ3v) is 5.55. The second kappa shape index (κ2) is 6.52. The Morgan fingerprint density at radius 2 is 1.81 bits per heavy atom. The molecule has 1 saturated heterocycles. The van der Waals surface area contributed by atoms with Gasteiger partial charge in [0.15, 0.2) is 11.5 Å². The summed E-state index contributed by atoms with van der Waals surface area (Å²) in [5.41, 5.74) is -0.347. The summed E-state index contributed by atoms with van der Waals surface area (Å²) in [5, 5.41) is 0. The molecule has 1 aliphatic heterocycles. The molecule has 7 heteroatoms. The minimum atomic E-state index is -4.51. The summed E-state index contributed by atoms with van der Waals surface area (Å²) in [6, 6.07) is 4.84. The predicted octanol–water partition coefficient (Wildman–Crippen LogP) is 4.71. The third-order valence-electron chi connectivity index (χ3n) is 5.55. The molecule has 3 unspecified atom stereocenters. The van der Waals surface area contributed by atoms with Crippen molar-refractivity contribution in [2.75, 3.05) is 4.90 Å². The second-order valence-corrected chi connectivity index (χ2v) is 7.27. The number of aromatic nitrogens is 3. The van der Waals surface area contributed by atoms with Crippen LogP contribution in [0.5, 0.6) is 0 Å². The summed E-state index contributed by atoms with van der Waals surface area (Å²) in [6.45, 7) is 2.08. The van der Waals surface area contributed by atoms with E-state index in [1.807, 2.05) is 0 Å². The van der Waals surface area contributed by atoms with E-state index in [-0.39, 0.29) is 17.9 Å². The van der Waals surface area contributed by atoms with Crippen molar-refractivity contribution in [2.45, 2.75) is 57.3 Å². The number of alkyl halides is 3. The average molecular weight is 362 g/mol. The molecule has 0 N–H and O–H groups in total. The molecule has 26 heavy (non-hydrogen) atoms. The topological polar surface area (TPSA) is 41.9 Å². The lowest BCUT2D eigenvalue weighted by Gasteiger charge is -2.34. The van der Waals surface area contributed by atoms with Gasteiger partial charge in [0, 0.05) is 36.1 Å². The van der Waals surface area contributed by atoms with Crippen LogP contribution >= 0.6 is 0 Å². The van der Waals surface area contributed by atoms with Crippen molar-refractivity contribution in [3.63, 3.8) is 0 Å². The molecule has 4 nitrogen and oxygen atoms in total. The zero-order chi connectivity index (χ0) is 18.3. The van der Waals surface area contributed by atoms with E-state index < -0.39 is 11.9 Å². The molecule has 3 atom stereocenters. The van der Waals surface area contributed by atoms with E-state index in [2.05, 4.69) is 26.8 Å². The van der Waals surface area contributed by atoms with Crippen molar-refractivity contribution >= 4 is 5.82 Å². The maximum absolute atomic E-state index is 13.5. The largest absolute Gasteiger partial charge is 0.433 e. The first kappa shape index (κ1) is 17.2. The summed E-state index contributed by atoms with van der Waals surface area (Å²) in [5.74, 6) is 1.04. The number of hydrogen-bond donors (Lipinski definition) is 0. The van der Waals surface area contributed by atoms with Crippen LogP contribution in [-0.2, 0) is 6.18 Å². The molecule has 4 rings (SSSR count). The Bertz CT molecular complexity index is 778. The number of hydrogen-bond acceptors (Lipinski definition) is 4. The predicted molar refractivity (Wildman–Crippen MR) is 92.6 cm³/mol. The molecule has 0 spiro atoms. The summed E-state index contributed by atoms with van der Waals surface area (Å²) < 4.78 is 40.4. The van der Waals surface area contributed by atoms with Gasteiger partial charge in [0.2, 0.25) is 0 Å². The number of rotatable bonds is 2. The van der Waals surface area contributed by atoms with Crippen LogP contribution in [0, 0.1) is 5.92 Å². The maximum atomic E-state index is 13.5. The minimum absolute atomic E-state index is 0.101. The number of pyridine rings is 1. The normalized spacial score (nSPS) is 26.0. The number of nitrogens with zero attached hydrogens (tertiary/aromatic N) is 4. The highest BCUT2D eigenvalue weighted by Crippen LogP contribution is 2.42. The summed E-state index contributed by atoms with van der Waals surface area (Å²) >= 11 is 0. The molecule has 2 aromatic heterocycles. The van der Waals surface area contributed by atoms with Crippen molar-refractivity contribution < 1.29 is 13.2 Å². The van der Waals surface area contributed by atoms with Crippen molar-refractivity contribution in [1.82, 2.24) is 15.0 Å². The van der Waals surface area contributed by atoms with E-state index in [1.54, 1.807) is 12.1 Å². The molecule has 0 radical (unpaired) electrons. The van der Waals surface area contributed by atoms with Crippen LogP contribution in [0.25, 0.3) is 11.4 Å². The van der Waals surface area contributed by atoms with Gasteiger partial charge in [-0.05, 0) is 44.2 Å². The monoisotopic (exact) mass is 362 g/mol. The van der Waals surface area contributed by atoms with Gasteiger partial charge >= 0.3 is 6.18 Å². The summed E-state index contributed by atoms with van der Waals surface area (Å²) in [4.78, 5) is 14.3. The molecular formula is C19H21F3N4. The lowest BCUT2D eigenvalue weighted by atomic mass is 9.85. The Balaban J connectivity index is 1.80. The van der Waals surface area contributed by atoms with Crippen LogP contribution in [0.2, 0.25) is 0 Å². The number of anilines is 1. The Morgan fingerprint density at radius 1 is 1.08 bits per heavy atom. The molecule has 1 saturated carbocycles. The van der Waals surface area contributed by atoms with Crippen LogP contribution in [0.4, 0.5) is 19.0 Å². The Morgan fingerprint density at radius 3 is 2.54 bits per heavy atom. The van der Waals surface area contributed by atoms with Gasteiger partial charge in [-0.3, -0.25) is 4.98 Å². The molecule has 2 fully saturated rings. The Hall–Kier alpha value is -2.18. The first-order valence-corrected chi connectivity index (χ1v) is 9.08. The fraction of sp³-hybridized carbons (Fsp3) is 0.526. The van der Waals surface area contributed by atoms with Crippen LogP contribution in [0.3, 0.4) is 0 Å². The molecular weight excluding hydrogens is 341 g/mol. The van der Waals surface area contributed by atoms with Gasteiger partial charge in [-0.2, -0.15) is 13.2 Å². The first-order valence-electron chi connectivity index (χ1n) is 9.08. The summed E-state index contributed by atoms with van der Waals surface area (Å²) in [6.07, 6.45) is 4.09. The third kappa shape index (κ3) is 3.15. The van der Waals surface area contributed by atoms with Crippen molar-refractivity contribution in [3.05, 3.63) is 36.3 Å². The molecule has 138 valence electrons. The van der Waals surface area contributed by atoms with Crippen molar-refractivity contribution in [2.24, 2.45) is 5.92 Å². The van der Waals surface area contributed by atoms with Gasteiger partial charge in [-0.25, -0.2) is 9.97 Å². The van der Waals surface area contributed by atoms with Crippen LogP contribution in [0.1, 0.15) is 44.7 Å². The highest BCUT2D eigenvalue weighted by molar-refractivity contribution is 5.58. The maximum Gasteiger partial charge on any atom is 0.433 e. The Kier molecular flexibility index (Phi) is 4.32. The van der Waals surface area contributed by atoms with Crippen molar-refractivity contribution in [3.8, 4) is 11.4 Å². The highest BCUT2D eigenvalue weighted by atomic mass is 19.4. The SMILES string of the molecule is CC1CC2CCCCC2N1c1cc(C(F)(F)F)nc(-c2ccncc2)n1. The van der Waals surface area contributed by atoms with E-state index in [0.717, 1.165) is 31.7 Å². The molecule has 1 aliphatic carbocycles. The molecule has 2 aromatic rings. The van der Waals surface area contributed by atoms with Gasteiger partial charge in [0.25, 0.3) is 0 Å². The van der Waals surface area contributed by atoms with Crippen LogP contribution < -0.4 is 4.90 Å². The second-order valence-electron chi connectivity index (χ2n) is 7.27. The first-order chi connectivity index (χ1) is 12.4. The molecule has 0 bridgehead atoms. The number of halogens is 3. The van der Waals surface area contributed by atoms with E-state index in [9.17, 15) is 13.2 Å². The van der Waals surface area contributed by atoms with E-state index in [0.29, 0.717) is 17.3 Å². The lowest BCUT2D eigenvalue weighted by Crippen LogP contribution is -2.38. The fourth-order valence-corrected chi connectivity index (χ4v) is 4.45. The fourth-order valence-electron chi connectivity index (χ4n) is 4.45. The summed E-state index contributed by atoms with van der Waals surface area (Å²) in [7, 11) is 0. The average Bonchev–Trinajstić information content (AvgIpc) is 2.97. The van der Waals surface area contributed by atoms with E-state index in [4.69, 9.17) is 0 Å². The van der Waals surface area contributed by atoms with Crippen molar-refractivity contribution in [1.29, 1.82) is 0 Å². The van der Waals surface area contributed by atoms with Gasteiger partial charge in [-0.1, -0.05) is 12.8 Å². The van der Waals surface area contributed by atoms with E-state index >= 15 is 0 Å². The van der Waals surface area contributed by atoms with Crippen LogP contribution in [0.15, 0.2) is 30.6 Å². The van der Waals surface area contributed by atoms with Gasteiger partial charge in [0.05, 0.1) is 0 Å². The van der Waals surface area contributed by atoms with Crippen LogP contribution in [-0.4, -0.2) is 27.0 Å². The molecule has 0 amide bonds. The number of fused-ring (bicyclic) bond motifs is 1. The molecule has 3 heterocycles. The van der Waals surface area contributed by atoms with Gasteiger partial charge < -0.3 is 4.90 Å². The lowest BCUT2D eigenvalue weighted by molar-refractivity contribution is -0.141. The van der Waals surface area contributed by atoms with Gasteiger partial charge in [0.1, 0.15) is 5.82 Å². The van der Waals surface area contributed by atoms with E-state index in [1.165, 1.54) is 18.8 Å². The molecule has 2 aliphatic rings. The standard InChI is InChI=1S/C19H21F3N4/c1-12-10-14-4-2-3-5-15(14)26(12)17-11-16(19(20,21)22)24-18(25-17)13-6-8-23-9-7-13/h6-9,11-12,14-15H,2-5,10H2,1H3. The highest BCUT2D eigenvalue weighted by Gasteiger charge is 2.42. The van der Waals surface area contributed by atoms with Gasteiger partial charge in [-0.15, -0.1) is 0 Å². The zero-order valence-electron chi connectivity index (χ0n) is 14.6. The zero-order valence-corrected chi connectivity index (χ0v) is 14.6. The molecule has 0 aromatic carbocycles. The minimum Gasteiger partial charge on any atom is -0.351 e.